The minimum absolute atomic E-state index is 0.0842. The summed E-state index contributed by atoms with van der Waals surface area (Å²) in [5, 5.41) is 0. The lowest BCUT2D eigenvalue weighted by Gasteiger charge is -2.18. The minimum atomic E-state index is -0.785. The van der Waals surface area contributed by atoms with Gasteiger partial charge in [-0.05, 0) is 96.3 Å². The standard InChI is InChI=1S/C58H104O6/c1-4-7-10-13-16-19-22-25-28-30-33-36-39-42-45-48-51-57(60)63-54-55(53-62-56(59)50-47-44-41-38-35-32-27-24-21-18-15-12-9-6-3)64-58(61)52-49-46-43-40-37-34-31-29-26-23-20-17-14-11-8-5-2/h15,18,24,27-31,55H,4-14,16-17,19-23,25-26,32-54H2,1-3H3/b18-15-,27-24-,30-28-,31-29-. The van der Waals surface area contributed by atoms with Crippen LogP contribution in [0.1, 0.15) is 284 Å². The van der Waals surface area contributed by atoms with E-state index in [1.165, 1.54) is 148 Å². The fourth-order valence-corrected chi connectivity index (χ4v) is 7.80. The van der Waals surface area contributed by atoms with Crippen LogP contribution in [-0.2, 0) is 28.6 Å². The molecule has 0 fully saturated rings. The third-order valence-corrected chi connectivity index (χ3v) is 12.0. The molecule has 0 radical (unpaired) electrons. The molecule has 0 aliphatic rings. The van der Waals surface area contributed by atoms with Gasteiger partial charge in [0.1, 0.15) is 13.2 Å². The Labute approximate surface area is 397 Å². The van der Waals surface area contributed by atoms with E-state index in [4.69, 9.17) is 14.2 Å². The summed E-state index contributed by atoms with van der Waals surface area (Å²) >= 11 is 0. The number of esters is 3. The van der Waals surface area contributed by atoms with Gasteiger partial charge in [0.2, 0.25) is 0 Å². The Morgan fingerprint density at radius 2 is 0.578 bits per heavy atom. The van der Waals surface area contributed by atoms with Crippen LogP contribution in [0.2, 0.25) is 0 Å². The lowest BCUT2D eigenvalue weighted by Crippen LogP contribution is -2.30. The van der Waals surface area contributed by atoms with E-state index in [1.54, 1.807) is 0 Å². The van der Waals surface area contributed by atoms with Crippen LogP contribution in [0.5, 0.6) is 0 Å². The maximum atomic E-state index is 12.8. The van der Waals surface area contributed by atoms with Gasteiger partial charge < -0.3 is 14.2 Å². The lowest BCUT2D eigenvalue weighted by molar-refractivity contribution is -0.167. The van der Waals surface area contributed by atoms with Crippen molar-refractivity contribution in [3.05, 3.63) is 48.6 Å². The Morgan fingerprint density at radius 1 is 0.312 bits per heavy atom. The van der Waals surface area contributed by atoms with Crippen molar-refractivity contribution in [2.45, 2.75) is 290 Å². The number of carbonyl (C=O) groups is 3. The molecule has 0 N–H and O–H groups in total. The van der Waals surface area contributed by atoms with E-state index in [-0.39, 0.29) is 31.1 Å². The molecule has 6 nitrogen and oxygen atoms in total. The van der Waals surface area contributed by atoms with Crippen LogP contribution in [0, 0.1) is 0 Å². The first-order valence-corrected chi connectivity index (χ1v) is 27.6. The highest BCUT2D eigenvalue weighted by molar-refractivity contribution is 5.71. The summed E-state index contributed by atoms with van der Waals surface area (Å²) in [4.78, 5) is 38.1. The summed E-state index contributed by atoms with van der Waals surface area (Å²) < 4.78 is 16.8. The predicted octanol–water partition coefficient (Wildman–Crippen LogP) is 18.3. The highest BCUT2D eigenvalue weighted by Crippen LogP contribution is 2.15. The summed E-state index contributed by atoms with van der Waals surface area (Å²) in [7, 11) is 0. The second-order valence-corrected chi connectivity index (χ2v) is 18.5. The predicted molar refractivity (Wildman–Crippen MR) is 275 cm³/mol. The summed E-state index contributed by atoms with van der Waals surface area (Å²) in [6.07, 6.45) is 63.8. The molecule has 0 heterocycles. The molecule has 0 spiro atoms. The van der Waals surface area contributed by atoms with E-state index in [0.717, 1.165) is 96.3 Å². The summed E-state index contributed by atoms with van der Waals surface area (Å²) in [6.45, 7) is 6.59. The molecule has 64 heavy (non-hydrogen) atoms. The SMILES string of the molecule is CCCC/C=C\C/C=C\CCCCCCCC(=O)OCC(COC(=O)CCCCCCC/C=C\CCCCCCCCC)OC(=O)CCCCCCC/C=C\CCCCCCCCC. The van der Waals surface area contributed by atoms with Gasteiger partial charge in [-0.25, -0.2) is 0 Å². The third kappa shape index (κ3) is 50.4. The zero-order chi connectivity index (χ0) is 46.5. The first-order chi connectivity index (χ1) is 31.5. The van der Waals surface area contributed by atoms with Gasteiger partial charge in [-0.15, -0.1) is 0 Å². The van der Waals surface area contributed by atoms with Crippen molar-refractivity contribution < 1.29 is 28.6 Å². The number of rotatable bonds is 50. The van der Waals surface area contributed by atoms with E-state index < -0.39 is 6.10 Å². The second kappa shape index (κ2) is 53.0. The Hall–Kier alpha value is -2.63. The number of unbranched alkanes of at least 4 members (excludes halogenated alkanes) is 31. The summed E-state index contributed by atoms with van der Waals surface area (Å²) in [5.74, 6) is -0.905. The van der Waals surface area contributed by atoms with Crippen molar-refractivity contribution in [1.29, 1.82) is 0 Å². The van der Waals surface area contributed by atoms with Gasteiger partial charge in [-0.2, -0.15) is 0 Å². The van der Waals surface area contributed by atoms with Crippen molar-refractivity contribution in [1.82, 2.24) is 0 Å². The third-order valence-electron chi connectivity index (χ3n) is 12.0. The molecule has 0 aromatic carbocycles. The van der Waals surface area contributed by atoms with Crippen molar-refractivity contribution in [3.8, 4) is 0 Å². The van der Waals surface area contributed by atoms with Gasteiger partial charge in [0.05, 0.1) is 0 Å². The van der Waals surface area contributed by atoms with Gasteiger partial charge in [-0.1, -0.05) is 217 Å². The van der Waals surface area contributed by atoms with E-state index in [0.29, 0.717) is 19.3 Å². The fraction of sp³-hybridized carbons (Fsp3) is 0.810. The van der Waals surface area contributed by atoms with Crippen LogP contribution in [0.25, 0.3) is 0 Å². The van der Waals surface area contributed by atoms with Crippen LogP contribution in [0.15, 0.2) is 48.6 Å². The number of allylic oxidation sites excluding steroid dienone is 8. The zero-order valence-electron chi connectivity index (χ0n) is 42.6. The topological polar surface area (TPSA) is 78.9 Å². The average molecular weight is 897 g/mol. The molecule has 0 saturated heterocycles. The van der Waals surface area contributed by atoms with Crippen molar-refractivity contribution in [2.75, 3.05) is 13.2 Å². The molecular formula is C58H104O6. The van der Waals surface area contributed by atoms with E-state index in [9.17, 15) is 14.4 Å². The normalized spacial score (nSPS) is 12.4. The maximum absolute atomic E-state index is 12.8. The molecule has 0 aromatic rings. The molecule has 6 heteroatoms. The minimum Gasteiger partial charge on any atom is -0.462 e. The Bertz CT molecular complexity index is 1120. The number of ether oxygens (including phenoxy) is 3. The van der Waals surface area contributed by atoms with Gasteiger partial charge in [0, 0.05) is 19.3 Å². The van der Waals surface area contributed by atoms with Crippen LogP contribution >= 0.6 is 0 Å². The van der Waals surface area contributed by atoms with Crippen molar-refractivity contribution in [2.24, 2.45) is 0 Å². The molecule has 0 aliphatic heterocycles. The quantitative estimate of drug-likeness (QED) is 0.0262. The first kappa shape index (κ1) is 61.4. The molecule has 0 aliphatic carbocycles. The highest BCUT2D eigenvalue weighted by atomic mass is 16.6. The smallest absolute Gasteiger partial charge is 0.306 e. The summed E-state index contributed by atoms with van der Waals surface area (Å²) in [5.41, 5.74) is 0. The zero-order valence-corrected chi connectivity index (χ0v) is 42.6. The van der Waals surface area contributed by atoms with Gasteiger partial charge >= 0.3 is 17.9 Å². The highest BCUT2D eigenvalue weighted by Gasteiger charge is 2.19. The average Bonchev–Trinajstić information content (AvgIpc) is 3.29. The molecule has 0 amide bonds. The molecular weight excluding hydrogens is 793 g/mol. The van der Waals surface area contributed by atoms with Crippen LogP contribution in [0.4, 0.5) is 0 Å². The fourth-order valence-electron chi connectivity index (χ4n) is 7.80. The van der Waals surface area contributed by atoms with Gasteiger partial charge in [0.15, 0.2) is 6.10 Å². The van der Waals surface area contributed by atoms with E-state index in [2.05, 4.69) is 69.4 Å². The van der Waals surface area contributed by atoms with Gasteiger partial charge in [0.25, 0.3) is 0 Å². The van der Waals surface area contributed by atoms with Crippen LogP contribution in [-0.4, -0.2) is 37.2 Å². The van der Waals surface area contributed by atoms with Crippen molar-refractivity contribution >= 4 is 17.9 Å². The number of carbonyl (C=O) groups excluding carboxylic acids is 3. The Balaban J connectivity index is 4.41. The number of hydrogen-bond donors (Lipinski definition) is 0. The molecule has 0 aromatic heterocycles. The van der Waals surface area contributed by atoms with E-state index >= 15 is 0 Å². The maximum Gasteiger partial charge on any atom is 0.306 e. The molecule has 1 atom stereocenters. The van der Waals surface area contributed by atoms with E-state index in [1.807, 2.05) is 0 Å². The number of hydrogen-bond acceptors (Lipinski definition) is 6. The Morgan fingerprint density at radius 3 is 0.922 bits per heavy atom. The Kier molecular flexibility index (Phi) is 50.8. The summed E-state index contributed by atoms with van der Waals surface area (Å²) in [6, 6.07) is 0. The lowest BCUT2D eigenvalue weighted by atomic mass is 10.1. The van der Waals surface area contributed by atoms with Crippen LogP contribution < -0.4 is 0 Å². The second-order valence-electron chi connectivity index (χ2n) is 18.5. The molecule has 1 unspecified atom stereocenters. The molecule has 372 valence electrons. The molecule has 0 rings (SSSR count). The monoisotopic (exact) mass is 897 g/mol. The molecule has 0 bridgehead atoms. The van der Waals surface area contributed by atoms with Crippen LogP contribution in [0.3, 0.4) is 0 Å². The largest absolute Gasteiger partial charge is 0.462 e. The van der Waals surface area contributed by atoms with Crippen molar-refractivity contribution in [3.63, 3.8) is 0 Å². The van der Waals surface area contributed by atoms with Gasteiger partial charge in [-0.3, -0.25) is 14.4 Å². The molecule has 0 saturated carbocycles. The first-order valence-electron chi connectivity index (χ1n) is 27.6.